The molecule has 4 heterocycles. The van der Waals surface area contributed by atoms with E-state index in [1.54, 1.807) is 32.0 Å². The van der Waals surface area contributed by atoms with E-state index in [1.807, 2.05) is 0 Å². The Hall–Kier alpha value is -3.32. The summed E-state index contributed by atoms with van der Waals surface area (Å²) in [6.45, 7) is 3.66. The molecule has 0 bridgehead atoms. The Morgan fingerprint density at radius 2 is 1.41 bits per heavy atom. The van der Waals surface area contributed by atoms with Gasteiger partial charge in [0, 0.05) is 18.8 Å². The zero-order valence-corrected chi connectivity index (χ0v) is 31.5. The molecule has 0 aliphatic carbocycles. The number of nitrogens with one attached hydrogen (secondary N) is 1. The molecule has 10 atom stereocenters. The normalized spacial score (nSPS) is 32.7. The summed E-state index contributed by atoms with van der Waals surface area (Å²) >= 11 is 12.0. The second kappa shape index (κ2) is 17.6. The van der Waals surface area contributed by atoms with Crippen LogP contribution in [0, 0.1) is 0 Å². The van der Waals surface area contributed by atoms with Crippen molar-refractivity contribution in [3.05, 3.63) is 54.9 Å². The van der Waals surface area contributed by atoms with E-state index < -0.39 is 116 Å². The molecule has 2 fully saturated rings. The number of hydrogen-bond donors (Lipinski definition) is 4. The molecule has 16 nitrogen and oxygen atoms in total. The van der Waals surface area contributed by atoms with E-state index >= 15 is 4.39 Å². The molecule has 298 valence electrons. The van der Waals surface area contributed by atoms with E-state index in [-0.39, 0.29) is 18.0 Å². The highest BCUT2D eigenvalue weighted by Crippen LogP contribution is 2.49. The van der Waals surface area contributed by atoms with Crippen LogP contribution in [0.1, 0.15) is 40.0 Å². The Morgan fingerprint density at radius 3 is 1.85 bits per heavy atom. The van der Waals surface area contributed by atoms with Gasteiger partial charge >= 0.3 is 13.5 Å². The molecule has 4 aliphatic heterocycles. The summed E-state index contributed by atoms with van der Waals surface area (Å²) in [4.78, 5) is 60.4. The summed E-state index contributed by atoms with van der Waals surface area (Å²) in [7, 11) is -3.97. The Morgan fingerprint density at radius 1 is 0.926 bits per heavy atom. The van der Waals surface area contributed by atoms with E-state index in [0.29, 0.717) is 0 Å². The summed E-state index contributed by atoms with van der Waals surface area (Å²) in [5.41, 5.74) is 0. The van der Waals surface area contributed by atoms with Crippen LogP contribution in [0.5, 0.6) is 5.75 Å². The Labute approximate surface area is 318 Å². The summed E-state index contributed by atoms with van der Waals surface area (Å²) < 4.78 is 64.4. The van der Waals surface area contributed by atoms with Crippen LogP contribution < -0.4 is 9.61 Å². The first kappa shape index (κ1) is 43.4. The van der Waals surface area contributed by atoms with Gasteiger partial charge in [-0.2, -0.15) is 0 Å². The number of rotatable bonds is 12. The fourth-order valence-electron chi connectivity index (χ4n) is 5.53. The molecule has 4 aliphatic rings. The number of amides is 2. The minimum atomic E-state index is -3.97. The van der Waals surface area contributed by atoms with E-state index in [2.05, 4.69) is 5.09 Å². The number of benzene rings is 1. The molecule has 1 aromatic rings. The lowest BCUT2D eigenvalue weighted by Gasteiger charge is -2.30. The number of nitrogens with zero attached hydrogens (tertiary/aromatic N) is 2. The van der Waals surface area contributed by atoms with Crippen LogP contribution in [0.25, 0.3) is 0 Å². The average Bonchev–Trinajstić information content (AvgIpc) is 3.47. The van der Waals surface area contributed by atoms with E-state index in [0.717, 1.165) is 34.4 Å². The van der Waals surface area contributed by atoms with Crippen LogP contribution in [-0.4, -0.2) is 127 Å². The van der Waals surface area contributed by atoms with Crippen LogP contribution in [0.4, 0.5) is 8.78 Å². The SMILES string of the molecule is CC(C)OC(=O)[C@H](C)NP(=O)(CC[C@@]1(F)O[C@@H](N2C=CC(=O)CC2=O)[C@H](Cl)[C@@H]1O)Oc1ccccc1.O=C1C=CN([C@@H]2O[C@](F)(CO)[C@@H](O)[C@H]2Cl)C(=O)C1. The predicted molar refractivity (Wildman–Crippen MR) is 185 cm³/mol. The molecule has 4 N–H and O–H groups in total. The van der Waals surface area contributed by atoms with E-state index in [4.69, 9.17) is 47.0 Å². The molecule has 0 aromatic heterocycles. The molecule has 1 unspecified atom stereocenters. The van der Waals surface area contributed by atoms with Crippen molar-refractivity contribution >= 4 is 60.1 Å². The maximum absolute atomic E-state index is 15.8. The highest BCUT2D eigenvalue weighted by atomic mass is 35.5. The van der Waals surface area contributed by atoms with Crippen LogP contribution >= 0.6 is 30.7 Å². The molecule has 0 saturated carbocycles. The number of ketones is 2. The van der Waals surface area contributed by atoms with Gasteiger partial charge in [-0.3, -0.25) is 38.3 Å². The van der Waals surface area contributed by atoms with Gasteiger partial charge in [0.1, 0.15) is 41.4 Å². The minimum absolute atomic E-state index is 0.209. The monoisotopic (exact) mass is 825 g/mol. The summed E-state index contributed by atoms with van der Waals surface area (Å²) in [6.07, 6.45) is -4.19. The zero-order valence-electron chi connectivity index (χ0n) is 29.1. The summed E-state index contributed by atoms with van der Waals surface area (Å²) in [6, 6.07) is 7.03. The van der Waals surface area contributed by atoms with Crippen LogP contribution in [0.15, 0.2) is 54.9 Å². The first-order valence-electron chi connectivity index (χ1n) is 16.6. The van der Waals surface area contributed by atoms with Gasteiger partial charge in [0.2, 0.25) is 17.7 Å². The first-order valence-corrected chi connectivity index (χ1v) is 19.3. The summed E-state index contributed by atoms with van der Waals surface area (Å²) in [5, 5.41) is 28.9. The lowest BCUT2D eigenvalue weighted by molar-refractivity contribution is -0.212. The molecule has 21 heteroatoms. The number of hydrogen-bond acceptors (Lipinski definition) is 13. The minimum Gasteiger partial charge on any atom is -0.462 e. The number of aliphatic hydroxyl groups is 3. The van der Waals surface area contributed by atoms with E-state index in [1.165, 1.54) is 19.1 Å². The lowest BCUT2D eigenvalue weighted by Crippen LogP contribution is -2.44. The average molecular weight is 827 g/mol. The van der Waals surface area contributed by atoms with Gasteiger partial charge in [-0.1, -0.05) is 18.2 Å². The molecule has 5 rings (SSSR count). The number of carbonyl (C=O) groups excluding carboxylic acids is 5. The topological polar surface area (TPSA) is 219 Å². The van der Waals surface area contributed by atoms with Crippen LogP contribution in [0.3, 0.4) is 0 Å². The number of carbonyl (C=O) groups is 5. The Kier molecular flexibility index (Phi) is 14.2. The molecule has 0 radical (unpaired) electrons. The number of allylic oxidation sites excluding steroid dienone is 2. The van der Waals surface area contributed by atoms with Gasteiger partial charge < -0.3 is 34.1 Å². The molecular formula is C33H40Cl2F2N3O13P. The number of aliphatic hydroxyl groups excluding tert-OH is 3. The second-order valence-electron chi connectivity index (χ2n) is 12.9. The highest BCUT2D eigenvalue weighted by Gasteiger charge is 2.59. The maximum atomic E-state index is 15.8. The maximum Gasteiger partial charge on any atom is 0.323 e. The van der Waals surface area contributed by atoms with Gasteiger partial charge in [0.05, 0.1) is 25.1 Å². The largest absolute Gasteiger partial charge is 0.462 e. The first-order chi connectivity index (χ1) is 25.2. The van der Waals surface area contributed by atoms with Crippen molar-refractivity contribution in [3.8, 4) is 5.75 Å². The molecule has 2 saturated heterocycles. The molecule has 1 aromatic carbocycles. The van der Waals surface area contributed by atoms with Crippen molar-refractivity contribution in [2.75, 3.05) is 12.8 Å². The van der Waals surface area contributed by atoms with E-state index in [9.17, 15) is 43.1 Å². The van der Waals surface area contributed by atoms with Gasteiger partial charge in [-0.25, -0.2) is 13.9 Å². The van der Waals surface area contributed by atoms with Crippen molar-refractivity contribution < 1.29 is 71.4 Å². The zero-order chi connectivity index (χ0) is 40.2. The number of ether oxygens (including phenoxy) is 3. The molecule has 54 heavy (non-hydrogen) atoms. The number of alkyl halides is 4. The highest BCUT2D eigenvalue weighted by molar-refractivity contribution is 7.57. The number of halogens is 4. The number of para-hydroxylation sites is 1. The Balaban J connectivity index is 0.000000301. The molecule has 0 spiro atoms. The quantitative estimate of drug-likeness (QED) is 0.103. The van der Waals surface area contributed by atoms with Gasteiger partial charge in [0.15, 0.2) is 24.0 Å². The number of esters is 1. The predicted octanol–water partition coefficient (Wildman–Crippen LogP) is 2.17. The second-order valence-corrected chi connectivity index (χ2v) is 16.2. The summed E-state index contributed by atoms with van der Waals surface area (Å²) in [5.74, 6) is -8.06. The smallest absolute Gasteiger partial charge is 0.323 e. The third kappa shape index (κ3) is 10.1. The lowest BCUT2D eigenvalue weighted by atomic mass is 10.1. The third-order valence-electron chi connectivity index (χ3n) is 8.34. The van der Waals surface area contributed by atoms with Crippen molar-refractivity contribution in [2.24, 2.45) is 0 Å². The van der Waals surface area contributed by atoms with Crippen molar-refractivity contribution in [1.82, 2.24) is 14.9 Å². The fourth-order valence-corrected chi connectivity index (χ4v) is 8.28. The van der Waals surface area contributed by atoms with Gasteiger partial charge in [-0.15, -0.1) is 23.2 Å². The van der Waals surface area contributed by atoms with Crippen molar-refractivity contribution in [2.45, 2.75) is 99.3 Å². The molecular weight excluding hydrogens is 786 g/mol. The van der Waals surface area contributed by atoms with Crippen molar-refractivity contribution in [1.29, 1.82) is 0 Å². The standard InChI is InChI=1S/C23H29ClFN2O8P.C10H11ClFNO5/c1-14(2)33-22(31)15(3)26-36(32,35-17-7-5-4-6-8-17)12-10-23(25)20(30)19(24)21(34-23)27-11-9-16(28)13-18(27)29;11-7-8(17)10(12,4-14)18-9(7)13-2-1-5(15)3-6(13)16/h4-9,11,14-15,19-21,30H,10,12-13H2,1-3H3,(H,26,32);1-2,7-9,14,17H,3-4H2/t15-,19+,20-,21+,23+,36?;7-,8+,9-,10-/m01/s1. The van der Waals surface area contributed by atoms with Crippen molar-refractivity contribution in [3.63, 3.8) is 0 Å². The molecule has 2 amide bonds. The Bertz CT molecular complexity index is 1690. The third-order valence-corrected chi connectivity index (χ3v) is 11.3. The fraction of sp³-hybridized carbons (Fsp3) is 0.545. The van der Waals surface area contributed by atoms with Gasteiger partial charge in [0.25, 0.3) is 5.85 Å². The van der Waals surface area contributed by atoms with Gasteiger partial charge in [-0.05, 0) is 45.1 Å². The van der Waals surface area contributed by atoms with Crippen LogP contribution in [0.2, 0.25) is 0 Å². The van der Waals surface area contributed by atoms with Crippen LogP contribution in [-0.2, 0) is 42.7 Å².